The standard InChI is InChI=1S/C16H16F3NO3S/c1-10-3-5-13(23-2)11(9-10)7-8-20-24(21,22)14-6-4-12(17)15(18)16(14)19/h3-6,9,20H,7-8H2,1-2H3. The smallest absolute Gasteiger partial charge is 0.243 e. The predicted molar refractivity (Wildman–Crippen MR) is 82.9 cm³/mol. The predicted octanol–water partition coefficient (Wildman–Crippen LogP) is 2.94. The number of methoxy groups -OCH3 is 1. The number of rotatable bonds is 6. The Balaban J connectivity index is 2.15. The average molecular weight is 359 g/mol. The number of hydrogen-bond acceptors (Lipinski definition) is 3. The second-order valence-corrected chi connectivity index (χ2v) is 6.87. The summed E-state index contributed by atoms with van der Waals surface area (Å²) in [7, 11) is -2.81. The van der Waals surface area contributed by atoms with E-state index in [-0.39, 0.29) is 13.0 Å². The first kappa shape index (κ1) is 18.3. The molecule has 0 spiro atoms. The third-order valence-electron chi connectivity index (χ3n) is 3.41. The molecule has 2 aromatic carbocycles. The van der Waals surface area contributed by atoms with Crippen molar-refractivity contribution < 1.29 is 26.3 Å². The maximum Gasteiger partial charge on any atom is 0.243 e. The van der Waals surface area contributed by atoms with Crippen LogP contribution in [0, 0.1) is 24.4 Å². The lowest BCUT2D eigenvalue weighted by atomic mass is 10.1. The Labute approximate surface area is 138 Å². The fourth-order valence-electron chi connectivity index (χ4n) is 2.22. The fraction of sp³-hybridized carbons (Fsp3) is 0.250. The quantitative estimate of drug-likeness (QED) is 0.807. The van der Waals surface area contributed by atoms with Crippen molar-refractivity contribution in [2.75, 3.05) is 13.7 Å². The zero-order valence-electron chi connectivity index (χ0n) is 13.1. The van der Waals surface area contributed by atoms with Gasteiger partial charge in [-0.05, 0) is 37.1 Å². The topological polar surface area (TPSA) is 55.4 Å². The van der Waals surface area contributed by atoms with E-state index in [1.807, 2.05) is 19.1 Å². The summed E-state index contributed by atoms with van der Waals surface area (Å²) >= 11 is 0. The summed E-state index contributed by atoms with van der Waals surface area (Å²) in [4.78, 5) is -0.933. The van der Waals surface area contributed by atoms with Gasteiger partial charge < -0.3 is 4.74 Å². The molecule has 0 radical (unpaired) electrons. The Kier molecular flexibility index (Phi) is 5.51. The Morgan fingerprint density at radius 3 is 2.46 bits per heavy atom. The molecule has 1 N–H and O–H groups in total. The maximum absolute atomic E-state index is 13.6. The highest BCUT2D eigenvalue weighted by Crippen LogP contribution is 2.21. The molecule has 0 saturated heterocycles. The molecular formula is C16H16F3NO3S. The molecule has 2 aromatic rings. The molecule has 0 amide bonds. The van der Waals surface area contributed by atoms with Gasteiger partial charge in [-0.15, -0.1) is 0 Å². The minimum absolute atomic E-state index is 0.0550. The molecule has 0 aliphatic heterocycles. The van der Waals surface area contributed by atoms with Gasteiger partial charge >= 0.3 is 0 Å². The van der Waals surface area contributed by atoms with Gasteiger partial charge in [-0.25, -0.2) is 26.3 Å². The van der Waals surface area contributed by atoms with Crippen molar-refractivity contribution in [3.8, 4) is 5.75 Å². The first-order valence-electron chi connectivity index (χ1n) is 7.03. The van der Waals surface area contributed by atoms with Crippen molar-refractivity contribution >= 4 is 10.0 Å². The van der Waals surface area contributed by atoms with Crippen molar-refractivity contribution in [3.05, 3.63) is 58.9 Å². The van der Waals surface area contributed by atoms with E-state index in [1.165, 1.54) is 7.11 Å². The summed E-state index contributed by atoms with van der Waals surface area (Å²) in [6.45, 7) is 1.82. The van der Waals surface area contributed by atoms with Crippen LogP contribution in [0.5, 0.6) is 5.75 Å². The molecule has 0 saturated carbocycles. The van der Waals surface area contributed by atoms with E-state index in [2.05, 4.69) is 4.72 Å². The SMILES string of the molecule is COc1ccc(C)cc1CCNS(=O)(=O)c1ccc(F)c(F)c1F. The van der Waals surface area contributed by atoms with Crippen LogP contribution < -0.4 is 9.46 Å². The van der Waals surface area contributed by atoms with Gasteiger partial charge in [0.1, 0.15) is 10.6 Å². The summed E-state index contributed by atoms with van der Waals surface area (Å²) in [5.74, 6) is -4.41. The lowest BCUT2D eigenvalue weighted by molar-refractivity contribution is 0.409. The van der Waals surface area contributed by atoms with Crippen molar-refractivity contribution in [2.45, 2.75) is 18.2 Å². The van der Waals surface area contributed by atoms with Crippen LogP contribution in [0.2, 0.25) is 0 Å². The van der Waals surface area contributed by atoms with Gasteiger partial charge in [0.25, 0.3) is 0 Å². The van der Waals surface area contributed by atoms with Gasteiger partial charge in [-0.1, -0.05) is 17.7 Å². The number of halogens is 3. The second-order valence-electron chi connectivity index (χ2n) is 5.14. The molecule has 0 bridgehead atoms. The number of aryl methyl sites for hydroxylation is 1. The molecule has 0 fully saturated rings. The van der Waals surface area contributed by atoms with E-state index in [0.717, 1.165) is 11.1 Å². The number of ether oxygens (including phenoxy) is 1. The molecule has 4 nitrogen and oxygen atoms in total. The van der Waals surface area contributed by atoms with Gasteiger partial charge in [0, 0.05) is 6.54 Å². The van der Waals surface area contributed by atoms with Gasteiger partial charge in [0.2, 0.25) is 10.0 Å². The van der Waals surface area contributed by atoms with Gasteiger partial charge in [-0.2, -0.15) is 0 Å². The molecule has 8 heteroatoms. The van der Waals surface area contributed by atoms with E-state index in [1.54, 1.807) is 6.07 Å². The molecule has 0 aliphatic rings. The van der Waals surface area contributed by atoms with Gasteiger partial charge in [0.15, 0.2) is 17.5 Å². The van der Waals surface area contributed by atoms with Crippen molar-refractivity contribution in [1.29, 1.82) is 0 Å². The highest BCUT2D eigenvalue weighted by Gasteiger charge is 2.23. The van der Waals surface area contributed by atoms with Crippen LogP contribution in [0.3, 0.4) is 0 Å². The molecule has 0 heterocycles. The summed E-state index contributed by atoms with van der Waals surface area (Å²) in [6.07, 6.45) is 0.287. The lowest BCUT2D eigenvalue weighted by Crippen LogP contribution is -2.27. The van der Waals surface area contributed by atoms with Crippen molar-refractivity contribution in [2.24, 2.45) is 0 Å². The van der Waals surface area contributed by atoms with Crippen molar-refractivity contribution in [1.82, 2.24) is 4.72 Å². The monoisotopic (exact) mass is 359 g/mol. The summed E-state index contributed by atoms with van der Waals surface area (Å²) in [5.41, 5.74) is 1.74. The van der Waals surface area contributed by atoms with E-state index in [0.29, 0.717) is 17.9 Å². The first-order valence-corrected chi connectivity index (χ1v) is 8.51. The van der Waals surface area contributed by atoms with Crippen LogP contribution in [-0.4, -0.2) is 22.1 Å². The van der Waals surface area contributed by atoms with E-state index in [4.69, 9.17) is 4.74 Å². The second kappa shape index (κ2) is 7.23. The van der Waals surface area contributed by atoms with Crippen LogP contribution in [0.15, 0.2) is 35.2 Å². The Bertz CT molecular complexity index is 854. The number of hydrogen-bond donors (Lipinski definition) is 1. The third kappa shape index (κ3) is 3.88. The van der Waals surface area contributed by atoms with Crippen LogP contribution in [-0.2, 0) is 16.4 Å². The van der Waals surface area contributed by atoms with Gasteiger partial charge in [0.05, 0.1) is 7.11 Å². The number of nitrogens with one attached hydrogen (secondary N) is 1. The molecule has 130 valence electrons. The highest BCUT2D eigenvalue weighted by atomic mass is 32.2. The molecule has 24 heavy (non-hydrogen) atoms. The van der Waals surface area contributed by atoms with E-state index >= 15 is 0 Å². The van der Waals surface area contributed by atoms with Crippen LogP contribution in [0.4, 0.5) is 13.2 Å². The number of benzene rings is 2. The number of sulfonamides is 1. The highest BCUT2D eigenvalue weighted by molar-refractivity contribution is 7.89. The Morgan fingerprint density at radius 1 is 1.08 bits per heavy atom. The molecular weight excluding hydrogens is 343 g/mol. The zero-order valence-corrected chi connectivity index (χ0v) is 13.9. The molecule has 2 rings (SSSR count). The molecule has 0 unspecified atom stereocenters. The first-order chi connectivity index (χ1) is 11.3. The largest absolute Gasteiger partial charge is 0.496 e. The average Bonchev–Trinajstić information content (AvgIpc) is 2.52. The minimum atomic E-state index is -4.30. The summed E-state index contributed by atoms with van der Waals surface area (Å²) in [5, 5.41) is 0. The molecule has 0 aromatic heterocycles. The lowest BCUT2D eigenvalue weighted by Gasteiger charge is -2.11. The summed E-state index contributed by atoms with van der Waals surface area (Å²) < 4.78 is 71.2. The van der Waals surface area contributed by atoms with Crippen LogP contribution >= 0.6 is 0 Å². The fourth-order valence-corrected chi connectivity index (χ4v) is 3.32. The minimum Gasteiger partial charge on any atom is -0.496 e. The van der Waals surface area contributed by atoms with Crippen LogP contribution in [0.25, 0.3) is 0 Å². The molecule has 0 atom stereocenters. The van der Waals surface area contributed by atoms with Crippen LogP contribution in [0.1, 0.15) is 11.1 Å². The normalized spacial score (nSPS) is 11.5. The van der Waals surface area contributed by atoms with E-state index < -0.39 is 32.4 Å². The summed E-state index contributed by atoms with van der Waals surface area (Å²) in [6, 6.07) is 6.70. The third-order valence-corrected chi connectivity index (χ3v) is 4.89. The van der Waals surface area contributed by atoms with E-state index in [9.17, 15) is 21.6 Å². The Morgan fingerprint density at radius 2 is 1.79 bits per heavy atom. The Hall–Kier alpha value is -2.06. The van der Waals surface area contributed by atoms with Crippen molar-refractivity contribution in [3.63, 3.8) is 0 Å². The maximum atomic E-state index is 13.6. The van der Waals surface area contributed by atoms with Gasteiger partial charge in [-0.3, -0.25) is 0 Å². The zero-order chi connectivity index (χ0) is 17.9. The molecule has 0 aliphatic carbocycles.